The summed E-state index contributed by atoms with van der Waals surface area (Å²) in [6.45, 7) is 0. The minimum atomic E-state index is -0.918. The average molecular weight is 303 g/mol. The summed E-state index contributed by atoms with van der Waals surface area (Å²) in [4.78, 5) is 46.6. The van der Waals surface area contributed by atoms with E-state index in [4.69, 9.17) is 0 Å². The summed E-state index contributed by atoms with van der Waals surface area (Å²) in [5.41, 5.74) is 1.00. The van der Waals surface area contributed by atoms with Crippen LogP contribution in [0.2, 0.25) is 0 Å². The Labute approximate surface area is 130 Å². The van der Waals surface area contributed by atoms with Gasteiger partial charge in [0.15, 0.2) is 5.69 Å². The van der Waals surface area contributed by atoms with Gasteiger partial charge < -0.3 is 0 Å². The predicted molar refractivity (Wildman–Crippen MR) is 82.1 cm³/mol. The van der Waals surface area contributed by atoms with E-state index in [2.05, 4.69) is 9.97 Å². The molecule has 0 bridgehead atoms. The van der Waals surface area contributed by atoms with Gasteiger partial charge in [0.05, 0.1) is 16.7 Å². The topological polar surface area (TPSA) is 80.2 Å². The molecule has 2 amide bonds. The van der Waals surface area contributed by atoms with Gasteiger partial charge in [-0.05, 0) is 24.3 Å². The molecule has 2 aromatic carbocycles. The fourth-order valence-electron chi connectivity index (χ4n) is 2.52. The quantitative estimate of drug-likeness (QED) is 0.507. The third kappa shape index (κ3) is 1.92. The zero-order valence-corrected chi connectivity index (χ0v) is 11.8. The summed E-state index contributed by atoms with van der Waals surface area (Å²) in [5, 5.41) is 0. The van der Waals surface area contributed by atoms with Crippen molar-refractivity contribution < 1.29 is 14.4 Å². The van der Waals surface area contributed by atoms with Crippen LogP contribution in [0.1, 0.15) is 21.0 Å². The summed E-state index contributed by atoms with van der Waals surface area (Å²) in [5.74, 6) is -2.39. The van der Waals surface area contributed by atoms with Crippen molar-refractivity contribution in [3.05, 3.63) is 66.0 Å². The monoisotopic (exact) mass is 303 g/mol. The molecule has 1 aromatic heterocycles. The Bertz CT molecular complexity index is 983. The molecule has 0 saturated heterocycles. The second kappa shape index (κ2) is 4.81. The molecule has 6 heteroatoms. The Kier molecular flexibility index (Phi) is 2.77. The molecular weight excluding hydrogens is 294 g/mol. The lowest BCUT2D eigenvalue weighted by atomic mass is 10.1. The molecule has 1 aliphatic heterocycles. The van der Waals surface area contributed by atoms with E-state index in [1.807, 2.05) is 0 Å². The molecule has 23 heavy (non-hydrogen) atoms. The van der Waals surface area contributed by atoms with Crippen LogP contribution in [-0.4, -0.2) is 27.6 Å². The Balaban J connectivity index is 1.95. The maximum absolute atomic E-state index is 12.7. The van der Waals surface area contributed by atoms with Gasteiger partial charge in [0.1, 0.15) is 5.69 Å². The van der Waals surface area contributed by atoms with Crippen molar-refractivity contribution in [1.29, 1.82) is 0 Å². The number of hydrogen-bond donors (Lipinski definition) is 0. The average Bonchev–Trinajstić information content (AvgIpc) is 2.60. The van der Waals surface area contributed by atoms with E-state index < -0.39 is 17.6 Å². The number of benzene rings is 2. The molecule has 110 valence electrons. The first kappa shape index (κ1) is 13.3. The third-order valence-electron chi connectivity index (χ3n) is 3.60. The van der Waals surface area contributed by atoms with Crippen LogP contribution in [-0.2, 0) is 4.79 Å². The number of para-hydroxylation sites is 3. The van der Waals surface area contributed by atoms with Gasteiger partial charge in [-0.15, -0.1) is 0 Å². The van der Waals surface area contributed by atoms with Crippen LogP contribution in [0, 0.1) is 0 Å². The molecule has 3 aromatic rings. The molecule has 0 fully saturated rings. The lowest BCUT2D eigenvalue weighted by Gasteiger charge is -2.24. The first-order chi connectivity index (χ1) is 11.2. The summed E-state index contributed by atoms with van der Waals surface area (Å²) < 4.78 is 0. The van der Waals surface area contributed by atoms with Crippen molar-refractivity contribution in [2.24, 2.45) is 0 Å². The highest BCUT2D eigenvalue weighted by Gasteiger charge is 2.41. The molecule has 2 heterocycles. The van der Waals surface area contributed by atoms with Crippen molar-refractivity contribution in [2.45, 2.75) is 0 Å². The van der Waals surface area contributed by atoms with Crippen LogP contribution < -0.4 is 4.90 Å². The van der Waals surface area contributed by atoms with E-state index in [1.165, 1.54) is 0 Å². The van der Waals surface area contributed by atoms with Gasteiger partial charge in [-0.3, -0.25) is 14.4 Å². The highest BCUT2D eigenvalue weighted by molar-refractivity contribution is 6.55. The van der Waals surface area contributed by atoms with Crippen molar-refractivity contribution >= 4 is 34.3 Å². The molecule has 1 aliphatic rings. The van der Waals surface area contributed by atoms with Crippen LogP contribution in [0.3, 0.4) is 0 Å². The smallest absolute Gasteiger partial charge is 0.281 e. The van der Waals surface area contributed by atoms with Gasteiger partial charge in [-0.1, -0.05) is 30.3 Å². The summed E-state index contributed by atoms with van der Waals surface area (Å²) >= 11 is 0. The van der Waals surface area contributed by atoms with E-state index in [0.717, 1.165) is 4.90 Å². The Morgan fingerprint density at radius 2 is 1.22 bits per heavy atom. The van der Waals surface area contributed by atoms with E-state index in [9.17, 15) is 14.4 Å². The van der Waals surface area contributed by atoms with Crippen molar-refractivity contribution in [3.63, 3.8) is 0 Å². The lowest BCUT2D eigenvalue weighted by Crippen LogP contribution is -2.47. The standard InChI is InChI=1S/C17H9N3O3/c21-15-13-14(19-12-9-5-4-8-11(12)18-13)16(22)20(17(15)23)10-6-2-1-3-7-10/h1-9H. The van der Waals surface area contributed by atoms with Crippen LogP contribution in [0.15, 0.2) is 54.6 Å². The summed E-state index contributed by atoms with van der Waals surface area (Å²) in [6.07, 6.45) is 0. The number of nitrogens with zero attached hydrogens (tertiary/aromatic N) is 3. The van der Waals surface area contributed by atoms with E-state index >= 15 is 0 Å². The maximum atomic E-state index is 12.7. The first-order valence-corrected chi connectivity index (χ1v) is 6.92. The van der Waals surface area contributed by atoms with Crippen LogP contribution in [0.25, 0.3) is 11.0 Å². The number of anilines is 1. The van der Waals surface area contributed by atoms with Gasteiger partial charge in [0.25, 0.3) is 11.7 Å². The number of aromatic nitrogens is 2. The molecule has 0 aliphatic carbocycles. The molecule has 0 unspecified atom stereocenters. The van der Waals surface area contributed by atoms with Crippen LogP contribution in [0.5, 0.6) is 0 Å². The molecule has 0 radical (unpaired) electrons. The second-order valence-electron chi connectivity index (χ2n) is 5.02. The zero-order chi connectivity index (χ0) is 16.0. The minimum absolute atomic E-state index is 0.0999. The van der Waals surface area contributed by atoms with E-state index in [1.54, 1.807) is 54.6 Å². The highest BCUT2D eigenvalue weighted by Crippen LogP contribution is 2.24. The summed E-state index contributed by atoms with van der Waals surface area (Å²) in [6, 6.07) is 15.2. The minimum Gasteiger partial charge on any atom is -0.281 e. The van der Waals surface area contributed by atoms with E-state index in [0.29, 0.717) is 16.7 Å². The first-order valence-electron chi connectivity index (χ1n) is 6.92. The van der Waals surface area contributed by atoms with Gasteiger partial charge >= 0.3 is 5.91 Å². The number of fused-ring (bicyclic) bond motifs is 2. The fraction of sp³-hybridized carbons (Fsp3) is 0. The van der Waals surface area contributed by atoms with E-state index in [-0.39, 0.29) is 11.4 Å². The molecule has 0 spiro atoms. The fourth-order valence-corrected chi connectivity index (χ4v) is 2.52. The van der Waals surface area contributed by atoms with Crippen LogP contribution >= 0.6 is 0 Å². The Morgan fingerprint density at radius 3 is 1.87 bits per heavy atom. The highest BCUT2D eigenvalue weighted by atomic mass is 16.2. The SMILES string of the molecule is O=C1C(=O)N(c2ccccc2)C(=O)c2nc3ccccc3nc21. The van der Waals surface area contributed by atoms with Gasteiger partial charge in [0.2, 0.25) is 0 Å². The molecule has 0 atom stereocenters. The number of hydrogen-bond acceptors (Lipinski definition) is 5. The summed E-state index contributed by atoms with van der Waals surface area (Å²) in [7, 11) is 0. The molecule has 6 nitrogen and oxygen atoms in total. The molecule has 0 N–H and O–H groups in total. The van der Waals surface area contributed by atoms with Crippen molar-refractivity contribution in [2.75, 3.05) is 4.90 Å². The number of rotatable bonds is 1. The number of imide groups is 1. The largest absolute Gasteiger partial charge is 0.308 e. The second-order valence-corrected chi connectivity index (χ2v) is 5.02. The van der Waals surface area contributed by atoms with Crippen LogP contribution in [0.4, 0.5) is 5.69 Å². The van der Waals surface area contributed by atoms with Crippen molar-refractivity contribution in [3.8, 4) is 0 Å². The number of amides is 2. The number of ketones is 1. The van der Waals surface area contributed by atoms with Gasteiger partial charge in [0, 0.05) is 0 Å². The predicted octanol–water partition coefficient (Wildman–Crippen LogP) is 2.00. The molecular formula is C17H9N3O3. The molecule has 0 saturated carbocycles. The van der Waals surface area contributed by atoms with Gasteiger partial charge in [-0.25, -0.2) is 14.9 Å². The normalized spacial score (nSPS) is 14.3. The third-order valence-corrected chi connectivity index (χ3v) is 3.60. The Hall–Kier alpha value is -3.41. The number of Topliss-reactive ketones (excluding diaryl/α,β-unsaturated/α-hetero) is 1. The number of carbonyl (C=O) groups is 3. The van der Waals surface area contributed by atoms with Crippen molar-refractivity contribution in [1.82, 2.24) is 9.97 Å². The Morgan fingerprint density at radius 1 is 0.652 bits per heavy atom. The lowest BCUT2D eigenvalue weighted by molar-refractivity contribution is -0.114. The zero-order valence-electron chi connectivity index (χ0n) is 11.8. The molecule has 4 rings (SSSR count). The maximum Gasteiger partial charge on any atom is 0.308 e. The number of carbonyl (C=O) groups excluding carboxylic acids is 3. The van der Waals surface area contributed by atoms with Gasteiger partial charge in [-0.2, -0.15) is 0 Å².